The van der Waals surface area contributed by atoms with E-state index in [0.29, 0.717) is 5.69 Å². The van der Waals surface area contributed by atoms with Gasteiger partial charge in [-0.3, -0.25) is 4.79 Å². The van der Waals surface area contributed by atoms with Crippen LogP contribution in [0.15, 0.2) is 33.3 Å². The Balaban J connectivity index is 2.36. The smallest absolute Gasteiger partial charge is 0.309 e. The van der Waals surface area contributed by atoms with Crippen molar-refractivity contribution in [3.05, 3.63) is 39.0 Å². The SMILES string of the molecule is O=C(O)Cc1cn(-c2cc(Br)ccc2Br)nn1. The molecule has 0 saturated heterocycles. The van der Waals surface area contributed by atoms with Gasteiger partial charge in [-0.05, 0) is 34.1 Å². The molecule has 1 N–H and O–H groups in total. The zero-order chi connectivity index (χ0) is 12.4. The third-order valence-corrected chi connectivity index (χ3v) is 3.19. The molecule has 1 aromatic carbocycles. The van der Waals surface area contributed by atoms with E-state index >= 15 is 0 Å². The highest BCUT2D eigenvalue weighted by atomic mass is 79.9. The molecule has 1 aromatic heterocycles. The first-order valence-corrected chi connectivity index (χ1v) is 6.23. The molecule has 0 spiro atoms. The molecule has 0 aliphatic carbocycles. The first kappa shape index (κ1) is 12.3. The highest BCUT2D eigenvalue weighted by Gasteiger charge is 2.09. The van der Waals surface area contributed by atoms with Crippen LogP contribution in [0.3, 0.4) is 0 Å². The summed E-state index contributed by atoms with van der Waals surface area (Å²) in [5, 5.41) is 16.3. The second-order valence-electron chi connectivity index (χ2n) is 3.32. The summed E-state index contributed by atoms with van der Waals surface area (Å²) in [4.78, 5) is 10.5. The second-order valence-corrected chi connectivity index (χ2v) is 5.09. The van der Waals surface area contributed by atoms with Gasteiger partial charge in [-0.25, -0.2) is 4.68 Å². The number of carbonyl (C=O) groups is 1. The van der Waals surface area contributed by atoms with Crippen molar-refractivity contribution in [3.63, 3.8) is 0 Å². The van der Waals surface area contributed by atoms with Gasteiger partial charge in [-0.1, -0.05) is 21.1 Å². The molecular formula is C10H7Br2N3O2. The summed E-state index contributed by atoms with van der Waals surface area (Å²) >= 11 is 6.77. The van der Waals surface area contributed by atoms with Crippen LogP contribution in [0.25, 0.3) is 5.69 Å². The van der Waals surface area contributed by atoms with E-state index in [0.717, 1.165) is 14.6 Å². The molecule has 0 saturated carbocycles. The van der Waals surface area contributed by atoms with Crippen LogP contribution in [0.5, 0.6) is 0 Å². The average molecular weight is 361 g/mol. The fraction of sp³-hybridized carbons (Fsp3) is 0.100. The molecule has 0 radical (unpaired) electrons. The minimum Gasteiger partial charge on any atom is -0.481 e. The molecule has 2 aromatic rings. The summed E-state index contributed by atoms with van der Waals surface area (Å²) in [6.45, 7) is 0. The van der Waals surface area contributed by atoms with Gasteiger partial charge >= 0.3 is 5.97 Å². The predicted octanol–water partition coefficient (Wildman–Crippen LogP) is 2.42. The van der Waals surface area contributed by atoms with Crippen molar-refractivity contribution >= 4 is 37.8 Å². The third-order valence-electron chi connectivity index (χ3n) is 2.03. The molecule has 5 nitrogen and oxygen atoms in total. The first-order valence-electron chi connectivity index (χ1n) is 4.64. The quantitative estimate of drug-likeness (QED) is 0.912. The van der Waals surface area contributed by atoms with Crippen LogP contribution in [-0.4, -0.2) is 26.1 Å². The molecule has 0 fully saturated rings. The molecule has 0 aliphatic rings. The van der Waals surface area contributed by atoms with Gasteiger partial charge in [-0.15, -0.1) is 5.10 Å². The van der Waals surface area contributed by atoms with Gasteiger partial charge in [0.1, 0.15) is 0 Å². The number of carboxylic acids is 1. The van der Waals surface area contributed by atoms with Crippen LogP contribution >= 0.6 is 31.9 Å². The van der Waals surface area contributed by atoms with E-state index in [1.54, 1.807) is 6.20 Å². The van der Waals surface area contributed by atoms with Crippen LogP contribution in [-0.2, 0) is 11.2 Å². The van der Waals surface area contributed by atoms with Crippen LogP contribution in [0.1, 0.15) is 5.69 Å². The Labute approximate surface area is 114 Å². The lowest BCUT2D eigenvalue weighted by Crippen LogP contribution is -2.00. The van der Waals surface area contributed by atoms with Crippen molar-refractivity contribution in [1.29, 1.82) is 0 Å². The van der Waals surface area contributed by atoms with Crippen molar-refractivity contribution in [2.45, 2.75) is 6.42 Å². The highest BCUT2D eigenvalue weighted by molar-refractivity contribution is 9.11. The molecule has 0 atom stereocenters. The Bertz CT molecular complexity index is 568. The normalized spacial score (nSPS) is 10.5. The van der Waals surface area contributed by atoms with Gasteiger partial charge < -0.3 is 5.11 Å². The maximum atomic E-state index is 10.5. The zero-order valence-electron chi connectivity index (χ0n) is 8.47. The lowest BCUT2D eigenvalue weighted by atomic mass is 10.3. The van der Waals surface area contributed by atoms with Crippen LogP contribution in [0.4, 0.5) is 0 Å². The van der Waals surface area contributed by atoms with Gasteiger partial charge in [0.05, 0.1) is 24.0 Å². The van der Waals surface area contributed by atoms with E-state index in [4.69, 9.17) is 5.11 Å². The van der Waals surface area contributed by atoms with E-state index in [1.807, 2.05) is 18.2 Å². The van der Waals surface area contributed by atoms with E-state index in [9.17, 15) is 4.79 Å². The average Bonchev–Trinajstić information content (AvgIpc) is 2.69. The van der Waals surface area contributed by atoms with Crippen LogP contribution in [0.2, 0.25) is 0 Å². The van der Waals surface area contributed by atoms with Crippen LogP contribution < -0.4 is 0 Å². The Hall–Kier alpha value is -1.21. The fourth-order valence-electron chi connectivity index (χ4n) is 1.31. The van der Waals surface area contributed by atoms with Gasteiger partial charge in [0.2, 0.25) is 0 Å². The molecule has 0 unspecified atom stereocenters. The largest absolute Gasteiger partial charge is 0.481 e. The molecule has 1 heterocycles. The summed E-state index contributed by atoms with van der Waals surface area (Å²) in [5.41, 5.74) is 1.22. The monoisotopic (exact) mass is 359 g/mol. The molecule has 7 heteroatoms. The fourth-order valence-corrected chi connectivity index (χ4v) is 2.09. The van der Waals surface area contributed by atoms with Crippen molar-refractivity contribution in [3.8, 4) is 5.69 Å². The number of carboxylic acid groups (broad SMARTS) is 1. The Morgan fingerprint density at radius 3 is 2.88 bits per heavy atom. The summed E-state index contributed by atoms with van der Waals surface area (Å²) in [7, 11) is 0. The Morgan fingerprint density at radius 1 is 1.41 bits per heavy atom. The predicted molar refractivity (Wildman–Crippen MR) is 68.1 cm³/mol. The second kappa shape index (κ2) is 4.97. The maximum absolute atomic E-state index is 10.5. The van der Waals surface area contributed by atoms with E-state index < -0.39 is 5.97 Å². The van der Waals surface area contributed by atoms with Gasteiger partial charge in [0, 0.05) is 8.95 Å². The van der Waals surface area contributed by atoms with Gasteiger partial charge in [0.25, 0.3) is 0 Å². The molecule has 0 amide bonds. The number of nitrogens with zero attached hydrogens (tertiary/aromatic N) is 3. The lowest BCUT2D eigenvalue weighted by molar-refractivity contribution is -0.136. The van der Waals surface area contributed by atoms with Gasteiger partial charge in [0.15, 0.2) is 0 Å². The summed E-state index contributed by atoms with van der Waals surface area (Å²) in [6, 6.07) is 5.63. The molecule has 2 rings (SSSR count). The lowest BCUT2D eigenvalue weighted by Gasteiger charge is -2.03. The summed E-state index contributed by atoms with van der Waals surface area (Å²) < 4.78 is 3.30. The molecule has 0 aliphatic heterocycles. The van der Waals surface area contributed by atoms with Crippen molar-refractivity contribution in [1.82, 2.24) is 15.0 Å². The van der Waals surface area contributed by atoms with Crippen LogP contribution in [0, 0.1) is 0 Å². The number of aromatic nitrogens is 3. The number of benzene rings is 1. The van der Waals surface area contributed by atoms with Gasteiger partial charge in [-0.2, -0.15) is 0 Å². The number of hydrogen-bond acceptors (Lipinski definition) is 3. The van der Waals surface area contributed by atoms with E-state index in [-0.39, 0.29) is 6.42 Å². The van der Waals surface area contributed by atoms with E-state index in [2.05, 4.69) is 42.2 Å². The summed E-state index contributed by atoms with van der Waals surface area (Å²) in [6.07, 6.45) is 1.46. The minimum atomic E-state index is -0.926. The topological polar surface area (TPSA) is 68.0 Å². The minimum absolute atomic E-state index is 0.133. The Morgan fingerprint density at radius 2 is 2.18 bits per heavy atom. The number of rotatable bonds is 3. The number of halogens is 2. The number of hydrogen-bond donors (Lipinski definition) is 1. The zero-order valence-corrected chi connectivity index (χ0v) is 11.6. The number of aliphatic carboxylic acids is 1. The standard InChI is InChI=1S/C10H7Br2N3O2/c11-6-1-2-8(12)9(3-6)15-5-7(13-14-15)4-10(16)17/h1-3,5H,4H2,(H,16,17). The maximum Gasteiger partial charge on any atom is 0.309 e. The third kappa shape index (κ3) is 2.92. The summed E-state index contributed by atoms with van der Waals surface area (Å²) in [5.74, 6) is -0.926. The Kier molecular flexibility index (Phi) is 3.58. The molecule has 0 bridgehead atoms. The molecular weight excluding hydrogens is 354 g/mol. The van der Waals surface area contributed by atoms with Crippen molar-refractivity contribution < 1.29 is 9.90 Å². The molecule has 88 valence electrons. The molecule has 17 heavy (non-hydrogen) atoms. The first-order chi connectivity index (χ1) is 8.06. The highest BCUT2D eigenvalue weighted by Crippen LogP contribution is 2.24. The van der Waals surface area contributed by atoms with Crippen molar-refractivity contribution in [2.24, 2.45) is 0 Å². The van der Waals surface area contributed by atoms with E-state index in [1.165, 1.54) is 4.68 Å². The van der Waals surface area contributed by atoms with Crippen molar-refractivity contribution in [2.75, 3.05) is 0 Å².